The van der Waals surface area contributed by atoms with E-state index in [2.05, 4.69) is 4.90 Å². The summed E-state index contributed by atoms with van der Waals surface area (Å²) >= 11 is 0. The van der Waals surface area contributed by atoms with Crippen LogP contribution in [0.2, 0.25) is 0 Å². The van der Waals surface area contributed by atoms with E-state index in [1.54, 1.807) is 14.2 Å². The summed E-state index contributed by atoms with van der Waals surface area (Å²) in [5.74, 6) is 1.39. The maximum absolute atomic E-state index is 11.9. The zero-order chi connectivity index (χ0) is 15.9. The molecule has 122 valence electrons. The first-order valence-corrected chi connectivity index (χ1v) is 7.77. The summed E-state index contributed by atoms with van der Waals surface area (Å²) in [7, 11) is 3.27. The molecule has 0 N–H and O–H groups in total. The highest BCUT2D eigenvalue weighted by atomic mass is 16.5. The summed E-state index contributed by atoms with van der Waals surface area (Å²) < 4.78 is 15.7. The maximum atomic E-state index is 11.9. The van der Waals surface area contributed by atoms with Crippen LogP contribution in [0.5, 0.6) is 11.5 Å². The molecule has 1 aromatic carbocycles. The summed E-state index contributed by atoms with van der Waals surface area (Å²) in [4.78, 5) is 14.2. The van der Waals surface area contributed by atoms with E-state index >= 15 is 0 Å². The van der Waals surface area contributed by atoms with Crippen molar-refractivity contribution in [3.8, 4) is 11.5 Å². The first-order valence-electron chi connectivity index (χ1n) is 7.77. The molecule has 2 rings (SSSR count). The zero-order valence-corrected chi connectivity index (χ0v) is 13.6. The fraction of sp³-hybridized carbons (Fsp3) is 0.588. The summed E-state index contributed by atoms with van der Waals surface area (Å²) in [5.41, 5.74) is 1.15. The third kappa shape index (κ3) is 4.13. The molecule has 5 nitrogen and oxygen atoms in total. The molecule has 1 aliphatic rings. The minimum Gasteiger partial charge on any atom is -0.493 e. The van der Waals surface area contributed by atoms with Gasteiger partial charge in [-0.25, -0.2) is 0 Å². The lowest BCUT2D eigenvalue weighted by atomic mass is 9.97. The van der Waals surface area contributed by atoms with Crippen molar-refractivity contribution in [1.82, 2.24) is 4.90 Å². The van der Waals surface area contributed by atoms with E-state index in [0.29, 0.717) is 6.61 Å². The molecule has 0 bridgehead atoms. The van der Waals surface area contributed by atoms with Gasteiger partial charge in [-0.2, -0.15) is 0 Å². The van der Waals surface area contributed by atoms with Crippen molar-refractivity contribution in [2.24, 2.45) is 5.92 Å². The van der Waals surface area contributed by atoms with E-state index < -0.39 is 0 Å². The summed E-state index contributed by atoms with van der Waals surface area (Å²) in [5, 5.41) is 0. The highest BCUT2D eigenvalue weighted by Crippen LogP contribution is 2.28. The summed E-state index contributed by atoms with van der Waals surface area (Å²) in [6, 6.07) is 5.95. The molecule has 1 saturated heterocycles. The normalized spacial score (nSPS) is 18.8. The molecule has 0 aliphatic carbocycles. The number of carbonyl (C=O) groups is 1. The number of benzene rings is 1. The molecular formula is C17H25NO4. The number of rotatable bonds is 6. The number of hydrogen-bond acceptors (Lipinski definition) is 5. The van der Waals surface area contributed by atoms with E-state index in [0.717, 1.165) is 49.5 Å². The lowest BCUT2D eigenvalue weighted by molar-refractivity contribution is -0.150. The monoisotopic (exact) mass is 307 g/mol. The zero-order valence-electron chi connectivity index (χ0n) is 13.6. The standard InChI is InChI=1S/C17H25NO4/c1-4-22-17(19)14-6-5-9-18(12-14)11-13-7-8-15(20-2)16(10-13)21-3/h7-8,10,14H,4-6,9,11-12H2,1-3H3/t14-/m1/s1. The van der Waals surface area contributed by atoms with Crippen molar-refractivity contribution < 1.29 is 19.0 Å². The van der Waals surface area contributed by atoms with Crippen LogP contribution in [0.4, 0.5) is 0 Å². The molecule has 0 aromatic heterocycles. The molecule has 1 aromatic rings. The van der Waals surface area contributed by atoms with Crippen LogP contribution < -0.4 is 9.47 Å². The Morgan fingerprint density at radius 1 is 1.27 bits per heavy atom. The number of esters is 1. The van der Waals surface area contributed by atoms with Crippen molar-refractivity contribution in [3.05, 3.63) is 23.8 Å². The molecule has 0 amide bonds. The van der Waals surface area contributed by atoms with Gasteiger partial charge in [0.2, 0.25) is 0 Å². The smallest absolute Gasteiger partial charge is 0.310 e. The van der Waals surface area contributed by atoms with Crippen LogP contribution in [0.3, 0.4) is 0 Å². The van der Waals surface area contributed by atoms with Gasteiger partial charge in [-0.1, -0.05) is 6.07 Å². The number of nitrogens with zero attached hydrogens (tertiary/aromatic N) is 1. The van der Waals surface area contributed by atoms with Crippen molar-refractivity contribution in [3.63, 3.8) is 0 Å². The minimum atomic E-state index is -0.0699. The first-order chi connectivity index (χ1) is 10.7. The highest BCUT2D eigenvalue weighted by Gasteiger charge is 2.26. The largest absolute Gasteiger partial charge is 0.493 e. The number of carbonyl (C=O) groups excluding carboxylic acids is 1. The lowest BCUT2D eigenvalue weighted by Gasteiger charge is -2.31. The average Bonchev–Trinajstić information content (AvgIpc) is 2.55. The quantitative estimate of drug-likeness (QED) is 0.756. The van der Waals surface area contributed by atoms with Gasteiger partial charge in [0.15, 0.2) is 11.5 Å². The minimum absolute atomic E-state index is 0.00570. The third-order valence-corrected chi connectivity index (χ3v) is 3.98. The summed E-state index contributed by atoms with van der Waals surface area (Å²) in [6.07, 6.45) is 1.94. The van der Waals surface area contributed by atoms with E-state index in [1.165, 1.54) is 0 Å². The SMILES string of the molecule is CCOC(=O)[C@@H]1CCCN(Cc2ccc(OC)c(OC)c2)C1. The Labute approximate surface area is 132 Å². The van der Waals surface area contributed by atoms with Crippen LogP contribution in [-0.4, -0.2) is 44.8 Å². The van der Waals surface area contributed by atoms with Crippen molar-refractivity contribution in [2.75, 3.05) is 33.9 Å². The fourth-order valence-corrected chi connectivity index (χ4v) is 2.89. The van der Waals surface area contributed by atoms with Crippen LogP contribution in [0, 0.1) is 5.92 Å². The number of methoxy groups -OCH3 is 2. The Kier molecular flexibility index (Phi) is 6.07. The van der Waals surface area contributed by atoms with Crippen LogP contribution in [0.15, 0.2) is 18.2 Å². The van der Waals surface area contributed by atoms with Gasteiger partial charge in [-0.05, 0) is 44.0 Å². The van der Waals surface area contributed by atoms with Gasteiger partial charge < -0.3 is 14.2 Å². The summed E-state index contributed by atoms with van der Waals surface area (Å²) in [6.45, 7) is 4.86. The molecule has 0 radical (unpaired) electrons. The van der Waals surface area contributed by atoms with Gasteiger partial charge in [0.05, 0.1) is 26.7 Å². The second-order valence-electron chi connectivity index (χ2n) is 5.52. The van der Waals surface area contributed by atoms with E-state index in [-0.39, 0.29) is 11.9 Å². The Morgan fingerprint density at radius 3 is 2.73 bits per heavy atom. The van der Waals surface area contributed by atoms with Crippen molar-refractivity contribution in [2.45, 2.75) is 26.3 Å². The van der Waals surface area contributed by atoms with Gasteiger partial charge >= 0.3 is 5.97 Å². The van der Waals surface area contributed by atoms with E-state index in [9.17, 15) is 4.79 Å². The molecule has 0 saturated carbocycles. The predicted octanol–water partition coefficient (Wildman–Crippen LogP) is 2.48. The van der Waals surface area contributed by atoms with Crippen molar-refractivity contribution >= 4 is 5.97 Å². The second kappa shape index (κ2) is 8.03. The second-order valence-corrected chi connectivity index (χ2v) is 5.52. The molecule has 22 heavy (non-hydrogen) atoms. The van der Waals surface area contributed by atoms with Gasteiger partial charge in [0.1, 0.15) is 0 Å². The van der Waals surface area contributed by atoms with Crippen molar-refractivity contribution in [1.29, 1.82) is 0 Å². The molecule has 1 heterocycles. The maximum Gasteiger partial charge on any atom is 0.310 e. The van der Waals surface area contributed by atoms with E-state index in [1.807, 2.05) is 25.1 Å². The molecule has 0 spiro atoms. The molecule has 5 heteroatoms. The number of piperidine rings is 1. The molecule has 1 fully saturated rings. The molecule has 0 unspecified atom stereocenters. The van der Waals surface area contributed by atoms with Gasteiger partial charge in [-0.3, -0.25) is 9.69 Å². The van der Waals surface area contributed by atoms with Crippen LogP contribution in [0.25, 0.3) is 0 Å². The highest BCUT2D eigenvalue weighted by molar-refractivity contribution is 5.72. The van der Waals surface area contributed by atoms with Crippen LogP contribution in [-0.2, 0) is 16.1 Å². The van der Waals surface area contributed by atoms with Gasteiger partial charge in [0.25, 0.3) is 0 Å². The molecule has 1 aliphatic heterocycles. The number of likely N-dealkylation sites (tertiary alicyclic amines) is 1. The van der Waals surface area contributed by atoms with Gasteiger partial charge in [-0.15, -0.1) is 0 Å². The number of hydrogen-bond donors (Lipinski definition) is 0. The Morgan fingerprint density at radius 2 is 2.05 bits per heavy atom. The topological polar surface area (TPSA) is 48.0 Å². The number of ether oxygens (including phenoxy) is 3. The van der Waals surface area contributed by atoms with Gasteiger partial charge in [0, 0.05) is 13.1 Å². The molecular weight excluding hydrogens is 282 g/mol. The molecule has 1 atom stereocenters. The first kappa shape index (κ1) is 16.6. The predicted molar refractivity (Wildman–Crippen MR) is 84.2 cm³/mol. The van der Waals surface area contributed by atoms with Crippen LogP contribution >= 0.6 is 0 Å². The third-order valence-electron chi connectivity index (χ3n) is 3.98. The lowest BCUT2D eigenvalue weighted by Crippen LogP contribution is -2.38. The Hall–Kier alpha value is -1.75. The van der Waals surface area contributed by atoms with E-state index in [4.69, 9.17) is 14.2 Å². The Bertz CT molecular complexity index is 503. The Balaban J connectivity index is 1.99. The van der Waals surface area contributed by atoms with Crippen LogP contribution in [0.1, 0.15) is 25.3 Å². The average molecular weight is 307 g/mol. The fourth-order valence-electron chi connectivity index (χ4n) is 2.89.